The van der Waals surface area contributed by atoms with Crippen LogP contribution in [0.4, 0.5) is 0 Å². The van der Waals surface area contributed by atoms with Gasteiger partial charge in [0.15, 0.2) is 0 Å². The summed E-state index contributed by atoms with van der Waals surface area (Å²) < 4.78 is 5.66. The number of rotatable bonds is 6. The molecule has 0 bridgehead atoms. The molecule has 1 atom stereocenters. The van der Waals surface area contributed by atoms with Gasteiger partial charge in [0.2, 0.25) is 0 Å². The Morgan fingerprint density at radius 1 is 1.69 bits per heavy atom. The molecule has 0 aliphatic carbocycles. The summed E-state index contributed by atoms with van der Waals surface area (Å²) in [6.45, 7) is 0. The lowest BCUT2D eigenvalue weighted by Gasteiger charge is -2.09. The van der Waals surface area contributed by atoms with Crippen LogP contribution < -0.4 is 0 Å². The smallest absolute Gasteiger partial charge is 0.386 e. The van der Waals surface area contributed by atoms with Crippen LogP contribution in [0.25, 0.3) is 0 Å². The molecule has 0 aliphatic rings. The SMILES string of the molecule is N=CO[B][C@@H](Cc1cccc(I)c1)C(=O)O. The first-order valence-corrected chi connectivity index (χ1v) is 5.66. The normalized spacial score (nSPS) is 11.6. The van der Waals surface area contributed by atoms with Crippen molar-refractivity contribution in [3.05, 3.63) is 33.4 Å². The third-order valence-corrected chi connectivity index (χ3v) is 2.64. The highest BCUT2D eigenvalue weighted by molar-refractivity contribution is 14.1. The minimum atomic E-state index is -0.958. The van der Waals surface area contributed by atoms with E-state index in [2.05, 4.69) is 27.2 Å². The first-order chi connectivity index (χ1) is 7.63. The fraction of sp³-hybridized carbons (Fsp3) is 0.200. The van der Waals surface area contributed by atoms with E-state index >= 15 is 0 Å². The minimum absolute atomic E-state index is 0.361. The molecule has 0 heterocycles. The topological polar surface area (TPSA) is 70.4 Å². The summed E-state index contributed by atoms with van der Waals surface area (Å²) >= 11 is 2.17. The van der Waals surface area contributed by atoms with Crippen LogP contribution in [0.15, 0.2) is 24.3 Å². The molecule has 1 aromatic rings. The molecule has 0 fully saturated rings. The number of carboxylic acid groups (broad SMARTS) is 1. The van der Waals surface area contributed by atoms with E-state index in [9.17, 15) is 4.79 Å². The van der Waals surface area contributed by atoms with Crippen molar-refractivity contribution < 1.29 is 14.6 Å². The van der Waals surface area contributed by atoms with Crippen LogP contribution in [0.5, 0.6) is 0 Å². The van der Waals surface area contributed by atoms with Crippen molar-refractivity contribution in [2.24, 2.45) is 0 Å². The maximum absolute atomic E-state index is 10.9. The van der Waals surface area contributed by atoms with Crippen molar-refractivity contribution in [3.63, 3.8) is 0 Å². The van der Waals surface area contributed by atoms with E-state index in [1.54, 1.807) is 0 Å². The van der Waals surface area contributed by atoms with Crippen LogP contribution in [-0.2, 0) is 15.9 Å². The Bertz CT molecular complexity index is 386. The average Bonchev–Trinajstić information content (AvgIpc) is 2.24. The van der Waals surface area contributed by atoms with Crippen molar-refractivity contribution in [2.45, 2.75) is 12.2 Å². The van der Waals surface area contributed by atoms with Crippen LogP contribution in [0.3, 0.4) is 0 Å². The molecular formula is C10H10BINO3. The lowest BCUT2D eigenvalue weighted by atomic mass is 9.76. The third kappa shape index (κ3) is 4.22. The summed E-state index contributed by atoms with van der Waals surface area (Å²) in [7, 11) is 1.16. The average molecular weight is 330 g/mol. The van der Waals surface area contributed by atoms with Gasteiger partial charge in [0.05, 0.1) is 5.82 Å². The zero-order valence-corrected chi connectivity index (χ0v) is 10.5. The molecule has 1 aromatic carbocycles. The number of hydrogen-bond donors (Lipinski definition) is 2. The lowest BCUT2D eigenvalue weighted by Crippen LogP contribution is -2.19. The van der Waals surface area contributed by atoms with E-state index in [0.717, 1.165) is 16.6 Å². The van der Waals surface area contributed by atoms with Gasteiger partial charge < -0.3 is 9.76 Å². The Labute approximate surface area is 108 Å². The van der Waals surface area contributed by atoms with Gasteiger partial charge in [-0.1, -0.05) is 12.1 Å². The maximum Gasteiger partial charge on any atom is 0.386 e. The van der Waals surface area contributed by atoms with Gasteiger partial charge in [0.1, 0.15) is 6.40 Å². The van der Waals surface area contributed by atoms with E-state index in [1.807, 2.05) is 24.3 Å². The summed E-state index contributed by atoms with van der Waals surface area (Å²) in [6, 6.07) is 7.62. The summed E-state index contributed by atoms with van der Waals surface area (Å²) in [5.41, 5.74) is 0.934. The predicted molar refractivity (Wildman–Crippen MR) is 69.9 cm³/mol. The van der Waals surface area contributed by atoms with Crippen molar-refractivity contribution >= 4 is 42.4 Å². The number of nitrogens with one attached hydrogen (secondary N) is 1. The fourth-order valence-electron chi connectivity index (χ4n) is 1.25. The number of carboxylic acids is 1. The van der Waals surface area contributed by atoms with Crippen molar-refractivity contribution in [1.29, 1.82) is 5.41 Å². The number of halogens is 1. The largest absolute Gasteiger partial charge is 0.555 e. The molecule has 0 saturated heterocycles. The standard InChI is InChI=1S/C10H10BINO3/c12-8-3-1-2-7(4-8)5-9(10(14)15)11-16-6-13/h1-4,6,9,13H,5H2,(H,14,15)/t9-/m0/s1. The van der Waals surface area contributed by atoms with E-state index in [1.165, 1.54) is 0 Å². The quantitative estimate of drug-likeness (QED) is 0.363. The minimum Gasteiger partial charge on any atom is -0.555 e. The summed E-state index contributed by atoms with van der Waals surface area (Å²) in [5.74, 6) is -1.69. The molecule has 6 heteroatoms. The summed E-state index contributed by atoms with van der Waals surface area (Å²) in [6.07, 6.45) is 1.07. The van der Waals surface area contributed by atoms with Crippen molar-refractivity contribution in [2.75, 3.05) is 0 Å². The molecule has 0 amide bonds. The first-order valence-electron chi connectivity index (χ1n) is 4.58. The fourth-order valence-corrected chi connectivity index (χ4v) is 1.85. The number of benzene rings is 1. The van der Waals surface area contributed by atoms with E-state index in [-0.39, 0.29) is 0 Å². The molecule has 0 unspecified atom stereocenters. The monoisotopic (exact) mass is 330 g/mol. The van der Waals surface area contributed by atoms with Gasteiger partial charge in [-0.2, -0.15) is 0 Å². The van der Waals surface area contributed by atoms with E-state index in [4.69, 9.17) is 10.5 Å². The van der Waals surface area contributed by atoms with Gasteiger partial charge in [0.25, 0.3) is 0 Å². The number of hydrogen-bond acceptors (Lipinski definition) is 3. The summed E-state index contributed by atoms with van der Waals surface area (Å²) in [4.78, 5) is 10.9. The highest BCUT2D eigenvalue weighted by Crippen LogP contribution is 2.16. The van der Waals surface area contributed by atoms with Crippen molar-refractivity contribution in [1.82, 2.24) is 0 Å². The number of carbonyl (C=O) groups is 1. The van der Waals surface area contributed by atoms with Crippen LogP contribution >= 0.6 is 22.6 Å². The molecule has 0 saturated carbocycles. The van der Waals surface area contributed by atoms with Gasteiger partial charge in [0, 0.05) is 3.57 Å². The molecule has 2 N–H and O–H groups in total. The Kier molecular flexibility index (Phi) is 5.31. The highest BCUT2D eigenvalue weighted by Gasteiger charge is 2.21. The Balaban J connectivity index is 2.67. The third-order valence-electron chi connectivity index (χ3n) is 1.97. The predicted octanol–water partition coefficient (Wildman–Crippen LogP) is 1.95. The number of aliphatic carboxylic acids is 1. The molecule has 1 radical (unpaired) electrons. The van der Waals surface area contributed by atoms with Crippen LogP contribution in [0.2, 0.25) is 5.82 Å². The summed E-state index contributed by atoms with van der Waals surface area (Å²) in [5, 5.41) is 15.6. The lowest BCUT2D eigenvalue weighted by molar-refractivity contribution is -0.137. The molecule has 16 heavy (non-hydrogen) atoms. The highest BCUT2D eigenvalue weighted by atomic mass is 127. The second-order valence-electron chi connectivity index (χ2n) is 3.17. The van der Waals surface area contributed by atoms with Gasteiger partial charge in [-0.3, -0.25) is 10.2 Å². The van der Waals surface area contributed by atoms with E-state index < -0.39 is 11.8 Å². The Hall–Kier alpha value is -1.05. The first kappa shape index (κ1) is 13.0. The molecule has 1 rings (SSSR count). The Morgan fingerprint density at radius 3 is 3.00 bits per heavy atom. The van der Waals surface area contributed by atoms with Gasteiger partial charge in [-0.05, 0) is 46.7 Å². The van der Waals surface area contributed by atoms with Gasteiger partial charge in [-0.15, -0.1) is 0 Å². The van der Waals surface area contributed by atoms with Crippen LogP contribution in [0, 0.1) is 8.98 Å². The van der Waals surface area contributed by atoms with Crippen molar-refractivity contribution in [3.8, 4) is 0 Å². The molecule has 4 nitrogen and oxygen atoms in total. The molecule has 0 aromatic heterocycles. The second-order valence-corrected chi connectivity index (χ2v) is 4.41. The second kappa shape index (κ2) is 6.52. The zero-order valence-electron chi connectivity index (χ0n) is 8.39. The maximum atomic E-state index is 10.9. The molecular weight excluding hydrogens is 320 g/mol. The molecule has 0 aliphatic heterocycles. The molecule has 0 spiro atoms. The van der Waals surface area contributed by atoms with Gasteiger partial charge in [-0.25, -0.2) is 0 Å². The van der Waals surface area contributed by atoms with Crippen LogP contribution in [-0.4, -0.2) is 25.0 Å². The van der Waals surface area contributed by atoms with Crippen LogP contribution in [0.1, 0.15) is 5.56 Å². The Morgan fingerprint density at radius 2 is 2.44 bits per heavy atom. The molecule has 83 valence electrons. The van der Waals surface area contributed by atoms with E-state index in [0.29, 0.717) is 12.8 Å². The zero-order chi connectivity index (χ0) is 12.0. The van der Waals surface area contributed by atoms with Gasteiger partial charge >= 0.3 is 13.5 Å².